The predicted molar refractivity (Wildman–Crippen MR) is 120 cm³/mol. The fourth-order valence-corrected chi connectivity index (χ4v) is 2.34. The summed E-state index contributed by atoms with van der Waals surface area (Å²) in [6.07, 6.45) is 0.275. The van der Waals surface area contributed by atoms with Gasteiger partial charge in [0.25, 0.3) is 0 Å². The minimum absolute atomic E-state index is 0. The average molecular weight is 413 g/mol. The Morgan fingerprint density at radius 1 is 0.862 bits per heavy atom. The van der Waals surface area contributed by atoms with Crippen LogP contribution in [0.2, 0.25) is 0 Å². The molecule has 0 fully saturated rings. The molecule has 1 aromatic rings. The average Bonchev–Trinajstić information content (AvgIpc) is 2.68. The topological polar surface area (TPSA) is 116 Å². The second-order valence-corrected chi connectivity index (χ2v) is 7.46. The van der Waals surface area contributed by atoms with Crippen LogP contribution in [0, 0.1) is 5.92 Å². The molecule has 0 unspecified atom stereocenters. The fourth-order valence-electron chi connectivity index (χ4n) is 2.34. The van der Waals surface area contributed by atoms with Gasteiger partial charge in [-0.15, -0.1) is 0 Å². The first kappa shape index (κ1) is 24.3. The van der Waals surface area contributed by atoms with E-state index in [0.29, 0.717) is 0 Å². The number of ketones is 1. The zero-order valence-corrected chi connectivity index (χ0v) is 17.6. The van der Waals surface area contributed by atoms with Crippen LogP contribution in [-0.2, 0) is 25.6 Å². The molecule has 8 heteroatoms. The number of carbonyl (C=O) groups excluding carboxylic acids is 4. The first-order chi connectivity index (χ1) is 13.7. The number of hydrogen-bond donors (Lipinski definition) is 4. The van der Waals surface area contributed by atoms with Crippen molar-refractivity contribution in [2.45, 2.75) is 46.2 Å². The summed E-state index contributed by atoms with van der Waals surface area (Å²) in [5.41, 5.74) is 0.869. The molecule has 0 aromatic heterocycles. The van der Waals surface area contributed by atoms with Crippen molar-refractivity contribution in [1.82, 2.24) is 21.3 Å². The van der Waals surface area contributed by atoms with Crippen molar-refractivity contribution in [3.63, 3.8) is 0 Å². The summed E-state index contributed by atoms with van der Waals surface area (Å²) in [4.78, 5) is 48.3. The smallest absolute Gasteiger partial charge is 0.243 e. The first-order valence-corrected chi connectivity index (χ1v) is 9.82. The van der Waals surface area contributed by atoms with Gasteiger partial charge in [-0.3, -0.25) is 19.2 Å². The molecule has 0 saturated carbocycles. The molecule has 0 aliphatic carbocycles. The van der Waals surface area contributed by atoms with E-state index < -0.39 is 17.9 Å². The number of amides is 3. The number of rotatable bonds is 12. The summed E-state index contributed by atoms with van der Waals surface area (Å²) in [5, 5.41) is 10.7. The van der Waals surface area contributed by atoms with Gasteiger partial charge >= 0.3 is 0 Å². The van der Waals surface area contributed by atoms with Crippen LogP contribution in [-0.4, -0.2) is 55.2 Å². The highest BCUT2D eigenvalue weighted by Gasteiger charge is 2.22. The van der Waals surface area contributed by atoms with Crippen molar-refractivity contribution < 1.29 is 24.9 Å². The Hall–Kier alpha value is -2.74. The molecule has 0 spiro atoms. The summed E-state index contributed by atoms with van der Waals surface area (Å²) >= 11 is 0. The van der Waals surface area contributed by atoms with E-state index in [1.165, 1.54) is 0 Å². The lowest BCUT2D eigenvalue weighted by molar-refractivity contribution is -0.131. The van der Waals surface area contributed by atoms with Crippen LogP contribution in [0.4, 0.5) is 0 Å². The van der Waals surface area contributed by atoms with E-state index in [-0.39, 0.29) is 55.4 Å². The van der Waals surface area contributed by atoms with E-state index in [1.54, 1.807) is 13.8 Å². The quantitative estimate of drug-likeness (QED) is 0.411. The van der Waals surface area contributed by atoms with Gasteiger partial charge < -0.3 is 21.3 Å². The minimum Gasteiger partial charge on any atom is -0.347 e. The molecule has 1 atom stereocenters. The molecular weight excluding hydrogens is 372 g/mol. The maximum atomic E-state index is 12.6. The summed E-state index contributed by atoms with van der Waals surface area (Å²) in [5.74, 6) is -1.50. The fraction of sp³-hybridized carbons (Fsp3) is 0.524. The summed E-state index contributed by atoms with van der Waals surface area (Å²) < 4.78 is 0. The molecule has 3 amide bonds. The Bertz CT molecular complexity index is 707. The van der Waals surface area contributed by atoms with E-state index in [0.717, 1.165) is 5.56 Å². The van der Waals surface area contributed by atoms with Gasteiger partial charge in [-0.1, -0.05) is 58.0 Å². The van der Waals surface area contributed by atoms with Crippen molar-refractivity contribution in [1.29, 1.82) is 0 Å². The lowest BCUT2D eigenvalue weighted by atomic mass is 10.0. The molecular formula is C21H40N4O4. The highest BCUT2D eigenvalue weighted by molar-refractivity contribution is 5.93. The van der Waals surface area contributed by atoms with Gasteiger partial charge in [-0.25, -0.2) is 0 Å². The summed E-state index contributed by atoms with van der Waals surface area (Å²) in [6, 6.07) is 8.56. The molecule has 0 heterocycles. The summed E-state index contributed by atoms with van der Waals surface area (Å²) in [6.45, 7) is 7.13. The maximum absolute atomic E-state index is 12.6. The Balaban J connectivity index is -0.00000105. The van der Waals surface area contributed by atoms with Crippen LogP contribution >= 0.6 is 0 Å². The van der Waals surface area contributed by atoms with Crippen molar-refractivity contribution >= 4 is 23.5 Å². The van der Waals surface area contributed by atoms with E-state index in [1.807, 2.05) is 44.2 Å². The zero-order chi connectivity index (χ0) is 21.8. The zero-order valence-electron chi connectivity index (χ0n) is 17.6. The van der Waals surface area contributed by atoms with Crippen molar-refractivity contribution in [2.24, 2.45) is 5.92 Å². The molecule has 0 aliphatic heterocycles. The summed E-state index contributed by atoms with van der Waals surface area (Å²) in [7, 11) is 0. The lowest BCUT2D eigenvalue weighted by Crippen LogP contribution is -2.52. The number of Topliss-reactive ketones (excluding diaryl/α,β-unsaturated/α-hetero) is 1. The van der Waals surface area contributed by atoms with Crippen molar-refractivity contribution in [3.05, 3.63) is 35.9 Å². The van der Waals surface area contributed by atoms with Gasteiger partial charge in [0.15, 0.2) is 5.78 Å². The van der Waals surface area contributed by atoms with E-state index in [9.17, 15) is 19.2 Å². The minimum atomic E-state index is -0.851. The highest BCUT2D eigenvalue weighted by atomic mass is 16.2. The maximum Gasteiger partial charge on any atom is 0.243 e. The molecule has 0 saturated heterocycles. The standard InChI is InChI=1S/C21H32N4O4.4H2/c1-14(2)18(26)11-24-21(29)17(10-16-8-6-5-7-9-16)25-20(28)13-23-19(27)12-22-15(3)4;;;;/h5-9,14-15,17,22H,10-13H2,1-4H3,(H,23,27)(H,24,29)(H,25,28);4*1H/t17-;;;;/m0..../s1. The third-order valence-electron chi connectivity index (χ3n) is 4.13. The SMILES string of the molecule is CC(C)NCC(=O)NCC(=O)N[C@@H](Cc1ccccc1)C(=O)NCC(=O)C(C)C.[HH].[HH].[HH].[HH]. The molecule has 1 rings (SSSR count). The van der Waals surface area contributed by atoms with E-state index in [2.05, 4.69) is 21.3 Å². The van der Waals surface area contributed by atoms with E-state index >= 15 is 0 Å². The normalized spacial score (nSPS) is 11.8. The van der Waals surface area contributed by atoms with Gasteiger partial charge in [-0.2, -0.15) is 0 Å². The molecule has 0 radical (unpaired) electrons. The Labute approximate surface area is 178 Å². The third-order valence-corrected chi connectivity index (χ3v) is 4.13. The number of nitrogens with one attached hydrogen (secondary N) is 4. The van der Waals surface area contributed by atoms with Gasteiger partial charge in [0.1, 0.15) is 6.04 Å². The van der Waals surface area contributed by atoms with Crippen LogP contribution in [0.5, 0.6) is 0 Å². The number of carbonyl (C=O) groups is 4. The van der Waals surface area contributed by atoms with Crippen LogP contribution in [0.15, 0.2) is 30.3 Å². The van der Waals surface area contributed by atoms with Crippen LogP contribution in [0.3, 0.4) is 0 Å². The second-order valence-electron chi connectivity index (χ2n) is 7.46. The van der Waals surface area contributed by atoms with Gasteiger partial charge in [0.2, 0.25) is 17.7 Å². The molecule has 0 aliphatic rings. The molecule has 168 valence electrons. The van der Waals surface area contributed by atoms with Crippen LogP contribution in [0.1, 0.15) is 39.0 Å². The molecule has 1 aromatic carbocycles. The van der Waals surface area contributed by atoms with Gasteiger partial charge in [0.05, 0.1) is 19.6 Å². The van der Waals surface area contributed by atoms with Gasteiger partial charge in [0, 0.05) is 24.1 Å². The monoisotopic (exact) mass is 412 g/mol. The number of hydrogen-bond acceptors (Lipinski definition) is 5. The number of benzene rings is 1. The van der Waals surface area contributed by atoms with Crippen LogP contribution < -0.4 is 21.3 Å². The lowest BCUT2D eigenvalue weighted by Gasteiger charge is -2.19. The molecule has 8 nitrogen and oxygen atoms in total. The predicted octanol–water partition coefficient (Wildman–Crippen LogP) is 1.15. The Morgan fingerprint density at radius 2 is 1.52 bits per heavy atom. The van der Waals surface area contributed by atoms with E-state index in [4.69, 9.17) is 0 Å². The highest BCUT2D eigenvalue weighted by Crippen LogP contribution is 2.04. The molecule has 0 bridgehead atoms. The van der Waals surface area contributed by atoms with Crippen molar-refractivity contribution in [2.75, 3.05) is 19.6 Å². The Kier molecular flexibility index (Phi) is 10.6. The third kappa shape index (κ3) is 10.4. The van der Waals surface area contributed by atoms with Crippen LogP contribution in [0.25, 0.3) is 0 Å². The molecule has 4 N–H and O–H groups in total. The largest absolute Gasteiger partial charge is 0.347 e. The molecule has 29 heavy (non-hydrogen) atoms. The van der Waals surface area contributed by atoms with Gasteiger partial charge in [-0.05, 0) is 5.56 Å². The first-order valence-electron chi connectivity index (χ1n) is 9.82. The Morgan fingerprint density at radius 3 is 2.10 bits per heavy atom. The van der Waals surface area contributed by atoms with Crippen molar-refractivity contribution in [3.8, 4) is 0 Å². The second kappa shape index (κ2) is 12.7.